The molecule has 6 heteroatoms. The number of hydrogen-bond acceptors (Lipinski definition) is 3. The van der Waals surface area contributed by atoms with Crippen molar-refractivity contribution in [2.75, 3.05) is 0 Å². The van der Waals surface area contributed by atoms with Crippen LogP contribution in [-0.4, -0.2) is 25.8 Å². The van der Waals surface area contributed by atoms with Gasteiger partial charge in [0.05, 0.1) is 0 Å². The summed E-state index contributed by atoms with van der Waals surface area (Å²) in [6, 6.07) is 24.0. The first-order chi connectivity index (χ1) is 20.4. The molecule has 5 rings (SSSR count). The third-order valence-electron chi connectivity index (χ3n) is 8.13. The third kappa shape index (κ3) is 6.92. The van der Waals surface area contributed by atoms with Crippen molar-refractivity contribution < 1.29 is 23.4 Å². The van der Waals surface area contributed by atoms with Gasteiger partial charge in [0.1, 0.15) is 0 Å². The molecule has 1 atom stereocenters. The van der Waals surface area contributed by atoms with Crippen LogP contribution in [0.25, 0.3) is 0 Å². The molecule has 0 fully saturated rings. The van der Waals surface area contributed by atoms with E-state index in [2.05, 4.69) is 44.5 Å². The van der Waals surface area contributed by atoms with E-state index in [0.717, 1.165) is 40.2 Å². The molecule has 43 heavy (non-hydrogen) atoms. The molecule has 1 unspecified atom stereocenters. The van der Waals surface area contributed by atoms with Crippen LogP contribution in [0.2, 0.25) is 0 Å². The van der Waals surface area contributed by atoms with Crippen LogP contribution >= 0.6 is 0 Å². The number of rotatable bonds is 7. The second-order valence-corrected chi connectivity index (χ2v) is 14.1. The average molecular weight is 644 g/mol. The van der Waals surface area contributed by atoms with Gasteiger partial charge in [-0.2, -0.15) is 0 Å². The summed E-state index contributed by atoms with van der Waals surface area (Å²) in [6.07, 6.45) is 0.847. The number of ether oxygens (including phenoxy) is 1. The van der Waals surface area contributed by atoms with Gasteiger partial charge in [-0.1, -0.05) is 0 Å². The predicted molar refractivity (Wildman–Crippen MR) is 167 cm³/mol. The summed E-state index contributed by atoms with van der Waals surface area (Å²) < 4.78 is 34.7. The van der Waals surface area contributed by atoms with Crippen molar-refractivity contribution >= 4 is 25.2 Å². The van der Waals surface area contributed by atoms with E-state index in [-0.39, 0.29) is 38.2 Å². The number of benzene rings is 4. The summed E-state index contributed by atoms with van der Waals surface area (Å²) in [4.78, 5) is 16.1. The standard InChI is InChI=1S/C37H34F2O3Se/c1-36(2)17-18-37(3,4)33-29(36)21-28(22-32(33)42-23-25-12-15-30(38)31(39)20-25)43-19-16-24-10-13-27(14-11-24)35(41)34(40)26-8-6-5-7-9-26/h5-15,20-22,34,40H,17-18,23H2,1-4H3. The fourth-order valence-corrected chi connectivity index (χ4v) is 6.80. The number of aliphatic hydroxyl groups excluding tert-OH is 1. The van der Waals surface area contributed by atoms with Gasteiger partial charge >= 0.3 is 259 Å². The summed E-state index contributed by atoms with van der Waals surface area (Å²) in [5.74, 6) is 1.85. The number of carbonyl (C=O) groups excluding carboxylic acids is 1. The fraction of sp³-hybridized carbons (Fsp3) is 0.270. The Balaban J connectivity index is 1.37. The number of aliphatic hydroxyl groups is 1. The Morgan fingerprint density at radius 3 is 2.30 bits per heavy atom. The topological polar surface area (TPSA) is 46.5 Å². The van der Waals surface area contributed by atoms with Gasteiger partial charge in [-0.25, -0.2) is 0 Å². The van der Waals surface area contributed by atoms with E-state index in [0.29, 0.717) is 16.7 Å². The third-order valence-corrected chi connectivity index (χ3v) is 9.55. The molecule has 0 aromatic heterocycles. The molecule has 1 N–H and O–H groups in total. The van der Waals surface area contributed by atoms with Crippen molar-refractivity contribution in [1.29, 1.82) is 0 Å². The van der Waals surface area contributed by atoms with Crippen molar-refractivity contribution in [3.8, 4) is 16.5 Å². The van der Waals surface area contributed by atoms with Crippen molar-refractivity contribution in [3.63, 3.8) is 0 Å². The second kappa shape index (κ2) is 12.5. The van der Waals surface area contributed by atoms with Gasteiger partial charge in [0.25, 0.3) is 0 Å². The zero-order valence-corrected chi connectivity index (χ0v) is 26.4. The molecule has 0 spiro atoms. The quantitative estimate of drug-likeness (QED) is 0.132. The summed E-state index contributed by atoms with van der Waals surface area (Å²) in [5.41, 5.74) is 4.59. The molecule has 0 radical (unpaired) electrons. The summed E-state index contributed by atoms with van der Waals surface area (Å²) in [6.45, 7) is 9.08. The molecule has 3 nitrogen and oxygen atoms in total. The number of fused-ring (bicyclic) bond motifs is 1. The van der Waals surface area contributed by atoms with Crippen molar-refractivity contribution in [2.24, 2.45) is 0 Å². The molecular weight excluding hydrogens is 609 g/mol. The molecule has 1 aliphatic rings. The van der Waals surface area contributed by atoms with Crippen LogP contribution in [0.15, 0.2) is 84.9 Å². The van der Waals surface area contributed by atoms with Gasteiger partial charge in [0.2, 0.25) is 0 Å². The van der Waals surface area contributed by atoms with Crippen LogP contribution in [0.3, 0.4) is 0 Å². The molecule has 4 aromatic carbocycles. The predicted octanol–water partition coefficient (Wildman–Crippen LogP) is 7.15. The van der Waals surface area contributed by atoms with Crippen LogP contribution < -0.4 is 9.20 Å². The number of ketones is 1. The number of halogens is 2. The molecule has 1 aliphatic carbocycles. The van der Waals surface area contributed by atoms with Gasteiger partial charge in [-0.15, -0.1) is 0 Å². The van der Waals surface area contributed by atoms with Crippen LogP contribution in [0.1, 0.15) is 84.8 Å². The van der Waals surface area contributed by atoms with Crippen molar-refractivity contribution in [2.45, 2.75) is 64.1 Å². The van der Waals surface area contributed by atoms with Gasteiger partial charge in [0.15, 0.2) is 0 Å². The Hall–Kier alpha value is -3.75. The molecule has 0 saturated carbocycles. The minimum absolute atomic E-state index is 0.0445. The molecule has 0 heterocycles. The average Bonchev–Trinajstić information content (AvgIpc) is 3.00. The van der Waals surface area contributed by atoms with Gasteiger partial charge in [0, 0.05) is 0 Å². The van der Waals surface area contributed by atoms with E-state index >= 15 is 0 Å². The zero-order valence-electron chi connectivity index (χ0n) is 24.7. The Labute approximate surface area is 258 Å². The summed E-state index contributed by atoms with van der Waals surface area (Å²) >= 11 is -0.190. The second-order valence-electron chi connectivity index (χ2n) is 12.2. The van der Waals surface area contributed by atoms with E-state index in [9.17, 15) is 18.7 Å². The number of Topliss-reactive ketones (excluding diaryl/α,β-unsaturated/α-hetero) is 1. The number of carbonyl (C=O) groups is 1. The van der Waals surface area contributed by atoms with Crippen molar-refractivity contribution in [3.05, 3.63) is 130 Å². The zero-order chi connectivity index (χ0) is 30.8. The number of hydrogen-bond donors (Lipinski definition) is 1. The first-order valence-corrected chi connectivity index (χ1v) is 16.0. The van der Waals surface area contributed by atoms with Crippen LogP contribution in [0, 0.1) is 22.4 Å². The molecule has 0 amide bonds. The molecule has 0 saturated heterocycles. The summed E-state index contributed by atoms with van der Waals surface area (Å²) in [5, 5.41) is 10.5. The Kier molecular flexibility index (Phi) is 8.90. The molecule has 0 bridgehead atoms. The Morgan fingerprint density at radius 2 is 1.60 bits per heavy atom. The maximum atomic E-state index is 13.8. The maximum absolute atomic E-state index is 13.8. The van der Waals surface area contributed by atoms with Crippen LogP contribution in [0.5, 0.6) is 5.75 Å². The monoisotopic (exact) mass is 644 g/mol. The van der Waals surface area contributed by atoms with Gasteiger partial charge in [-0.05, 0) is 0 Å². The molecule has 220 valence electrons. The van der Waals surface area contributed by atoms with Gasteiger partial charge in [-0.3, -0.25) is 0 Å². The first-order valence-electron chi connectivity index (χ1n) is 14.3. The SMILES string of the molecule is CC1(C)CCC(C)(C)c2c(OCc3ccc(F)c(F)c3)cc([Se]C#Cc3ccc(C(=O)C(O)c4ccccc4)cc3)cc21. The fourth-order valence-electron chi connectivity index (χ4n) is 5.48. The van der Waals surface area contributed by atoms with E-state index in [1.54, 1.807) is 54.6 Å². The Bertz CT molecular complexity index is 1700. The molecular formula is C37H34F2O3Se. The Morgan fingerprint density at radius 1 is 0.907 bits per heavy atom. The molecule has 4 aromatic rings. The van der Waals surface area contributed by atoms with Gasteiger partial charge < -0.3 is 0 Å². The molecule has 0 aliphatic heterocycles. The van der Waals surface area contributed by atoms with E-state index < -0.39 is 17.7 Å². The summed E-state index contributed by atoms with van der Waals surface area (Å²) in [7, 11) is 0. The van der Waals surface area contributed by atoms with Crippen LogP contribution in [-0.2, 0) is 17.4 Å². The minimum atomic E-state index is -1.21. The first kappa shape index (κ1) is 30.7. The van der Waals surface area contributed by atoms with Crippen LogP contribution in [0.4, 0.5) is 8.78 Å². The van der Waals surface area contributed by atoms with E-state index in [1.165, 1.54) is 11.6 Å². The normalized spacial score (nSPS) is 15.5. The van der Waals surface area contributed by atoms with Crippen molar-refractivity contribution in [1.82, 2.24) is 0 Å². The van der Waals surface area contributed by atoms with E-state index in [1.807, 2.05) is 12.1 Å². The van der Waals surface area contributed by atoms with E-state index in [4.69, 9.17) is 4.74 Å².